The average Bonchev–Trinajstić information content (AvgIpc) is 2.14. The summed E-state index contributed by atoms with van der Waals surface area (Å²) in [7, 11) is 0. The predicted molar refractivity (Wildman–Crippen MR) is 49.7 cm³/mol. The second-order valence-electron chi connectivity index (χ2n) is 3.40. The molecule has 1 aliphatic carbocycles. The molecular formula is C10H16O3. The van der Waals surface area contributed by atoms with Gasteiger partial charge in [0, 0.05) is 0 Å². The second kappa shape index (κ2) is 5.62. The summed E-state index contributed by atoms with van der Waals surface area (Å²) < 4.78 is 4.36. The topological polar surface area (TPSA) is 46.5 Å². The summed E-state index contributed by atoms with van der Waals surface area (Å²) in [5.41, 5.74) is 0. The van der Waals surface area contributed by atoms with Gasteiger partial charge in [-0.2, -0.15) is 0 Å². The van der Waals surface area contributed by atoms with Crippen LogP contribution >= 0.6 is 0 Å². The Morgan fingerprint density at radius 3 is 2.69 bits per heavy atom. The lowest BCUT2D eigenvalue weighted by Gasteiger charge is -2.17. The molecule has 0 aromatic heterocycles. The van der Waals surface area contributed by atoms with Crippen molar-refractivity contribution in [2.45, 2.75) is 32.1 Å². The third-order valence-electron chi connectivity index (χ3n) is 2.36. The van der Waals surface area contributed by atoms with Crippen molar-refractivity contribution in [2.75, 3.05) is 6.61 Å². The summed E-state index contributed by atoms with van der Waals surface area (Å²) in [4.78, 5) is 9.99. The molecule has 0 saturated heterocycles. The van der Waals surface area contributed by atoms with Crippen LogP contribution in [0.2, 0.25) is 0 Å². The maximum atomic E-state index is 9.99. The number of ether oxygens (including phenoxy) is 1. The van der Waals surface area contributed by atoms with Crippen molar-refractivity contribution in [3.63, 3.8) is 0 Å². The molecule has 1 aliphatic rings. The van der Waals surface area contributed by atoms with Crippen molar-refractivity contribution < 1.29 is 14.6 Å². The molecule has 0 aromatic rings. The van der Waals surface area contributed by atoms with Crippen LogP contribution in [0.15, 0.2) is 12.2 Å². The molecule has 1 fully saturated rings. The van der Waals surface area contributed by atoms with Crippen LogP contribution in [0.4, 0.5) is 4.79 Å². The molecule has 0 amide bonds. The Labute approximate surface area is 78.4 Å². The van der Waals surface area contributed by atoms with Crippen molar-refractivity contribution in [1.29, 1.82) is 0 Å². The lowest BCUT2D eigenvalue weighted by molar-refractivity contribution is 0.102. The van der Waals surface area contributed by atoms with Crippen LogP contribution in [-0.2, 0) is 4.74 Å². The van der Waals surface area contributed by atoms with E-state index in [-0.39, 0.29) is 6.61 Å². The SMILES string of the molecule is O=C(O)OCC=CC1CCCCC1. The van der Waals surface area contributed by atoms with Crippen LogP contribution in [-0.4, -0.2) is 17.9 Å². The van der Waals surface area contributed by atoms with E-state index in [1.807, 2.05) is 6.08 Å². The van der Waals surface area contributed by atoms with Gasteiger partial charge in [-0.05, 0) is 18.8 Å². The van der Waals surface area contributed by atoms with Gasteiger partial charge in [-0.3, -0.25) is 0 Å². The minimum Gasteiger partial charge on any atom is -0.450 e. The lowest BCUT2D eigenvalue weighted by atomic mass is 9.89. The smallest absolute Gasteiger partial charge is 0.450 e. The normalized spacial score (nSPS) is 19.1. The monoisotopic (exact) mass is 184 g/mol. The fourth-order valence-corrected chi connectivity index (χ4v) is 1.69. The van der Waals surface area contributed by atoms with Crippen LogP contribution in [0.25, 0.3) is 0 Å². The van der Waals surface area contributed by atoms with Crippen molar-refractivity contribution in [2.24, 2.45) is 5.92 Å². The molecule has 0 bridgehead atoms. The van der Waals surface area contributed by atoms with Gasteiger partial charge in [0.1, 0.15) is 6.61 Å². The average molecular weight is 184 g/mol. The molecule has 1 N–H and O–H groups in total. The first kappa shape index (κ1) is 10.1. The Hall–Kier alpha value is -0.990. The van der Waals surface area contributed by atoms with E-state index in [0.717, 1.165) is 0 Å². The fraction of sp³-hybridized carbons (Fsp3) is 0.700. The lowest BCUT2D eigenvalue weighted by Crippen LogP contribution is -2.04. The van der Waals surface area contributed by atoms with Gasteiger partial charge in [0.2, 0.25) is 0 Å². The fourth-order valence-electron chi connectivity index (χ4n) is 1.69. The minimum absolute atomic E-state index is 0.186. The van der Waals surface area contributed by atoms with Gasteiger partial charge < -0.3 is 9.84 Å². The first-order chi connectivity index (χ1) is 6.29. The molecule has 0 radical (unpaired) electrons. The summed E-state index contributed by atoms with van der Waals surface area (Å²) in [6.07, 6.45) is 9.12. The molecule has 74 valence electrons. The van der Waals surface area contributed by atoms with Crippen LogP contribution in [0, 0.1) is 5.92 Å². The van der Waals surface area contributed by atoms with Gasteiger partial charge in [0.05, 0.1) is 0 Å². The Kier molecular flexibility index (Phi) is 4.36. The third kappa shape index (κ3) is 4.55. The second-order valence-corrected chi connectivity index (χ2v) is 3.40. The van der Waals surface area contributed by atoms with E-state index in [1.54, 1.807) is 0 Å². The first-order valence-corrected chi connectivity index (χ1v) is 4.81. The Bertz CT molecular complexity index is 181. The maximum Gasteiger partial charge on any atom is 0.506 e. The summed E-state index contributed by atoms with van der Waals surface area (Å²) in [6, 6.07) is 0. The highest BCUT2D eigenvalue weighted by atomic mass is 16.7. The summed E-state index contributed by atoms with van der Waals surface area (Å²) in [6.45, 7) is 0.186. The van der Waals surface area contributed by atoms with Crippen molar-refractivity contribution in [3.05, 3.63) is 12.2 Å². The molecule has 0 spiro atoms. The standard InChI is InChI=1S/C10H16O3/c11-10(12)13-8-4-7-9-5-2-1-3-6-9/h4,7,9H,1-3,5-6,8H2,(H,11,12). The quantitative estimate of drug-likeness (QED) is 0.542. The van der Waals surface area contributed by atoms with Crippen LogP contribution in [0.1, 0.15) is 32.1 Å². The molecule has 3 nitrogen and oxygen atoms in total. The van der Waals surface area contributed by atoms with Crippen LogP contribution in [0.3, 0.4) is 0 Å². The van der Waals surface area contributed by atoms with E-state index in [0.29, 0.717) is 5.92 Å². The van der Waals surface area contributed by atoms with Crippen molar-refractivity contribution in [1.82, 2.24) is 0 Å². The molecule has 1 saturated carbocycles. The molecule has 0 heterocycles. The molecular weight excluding hydrogens is 168 g/mol. The van der Waals surface area contributed by atoms with E-state index in [4.69, 9.17) is 5.11 Å². The zero-order valence-corrected chi connectivity index (χ0v) is 7.74. The molecule has 13 heavy (non-hydrogen) atoms. The maximum absolute atomic E-state index is 9.99. The molecule has 0 unspecified atom stereocenters. The van der Waals surface area contributed by atoms with Crippen LogP contribution in [0.5, 0.6) is 0 Å². The van der Waals surface area contributed by atoms with E-state index in [2.05, 4.69) is 10.8 Å². The van der Waals surface area contributed by atoms with E-state index in [9.17, 15) is 4.79 Å². The van der Waals surface area contributed by atoms with Gasteiger partial charge in [0.15, 0.2) is 0 Å². The Morgan fingerprint density at radius 2 is 2.08 bits per heavy atom. The van der Waals surface area contributed by atoms with Gasteiger partial charge in [-0.25, -0.2) is 4.79 Å². The highest BCUT2D eigenvalue weighted by molar-refractivity contribution is 5.56. The summed E-state index contributed by atoms with van der Waals surface area (Å²) >= 11 is 0. The van der Waals surface area contributed by atoms with Gasteiger partial charge in [-0.1, -0.05) is 31.4 Å². The summed E-state index contributed by atoms with van der Waals surface area (Å²) in [5.74, 6) is 0.645. The van der Waals surface area contributed by atoms with Gasteiger partial charge >= 0.3 is 6.16 Å². The van der Waals surface area contributed by atoms with E-state index in [1.165, 1.54) is 32.1 Å². The number of rotatable bonds is 3. The first-order valence-electron chi connectivity index (χ1n) is 4.81. The van der Waals surface area contributed by atoms with Crippen molar-refractivity contribution in [3.8, 4) is 0 Å². The predicted octanol–water partition coefficient (Wildman–Crippen LogP) is 2.82. The zero-order valence-electron chi connectivity index (χ0n) is 7.74. The number of hydrogen-bond acceptors (Lipinski definition) is 2. The number of carboxylic acid groups (broad SMARTS) is 1. The Balaban J connectivity index is 2.11. The molecule has 3 heteroatoms. The number of carbonyl (C=O) groups is 1. The zero-order chi connectivity index (χ0) is 9.52. The molecule has 0 atom stereocenters. The van der Waals surface area contributed by atoms with Crippen molar-refractivity contribution >= 4 is 6.16 Å². The molecule has 1 rings (SSSR count). The Morgan fingerprint density at radius 1 is 1.38 bits per heavy atom. The number of allylic oxidation sites excluding steroid dienone is 1. The third-order valence-corrected chi connectivity index (χ3v) is 2.36. The highest BCUT2D eigenvalue weighted by Crippen LogP contribution is 2.24. The van der Waals surface area contributed by atoms with Gasteiger partial charge in [-0.15, -0.1) is 0 Å². The summed E-state index contributed by atoms with van der Waals surface area (Å²) in [5, 5.41) is 8.19. The number of hydrogen-bond donors (Lipinski definition) is 1. The molecule has 0 aromatic carbocycles. The van der Waals surface area contributed by atoms with E-state index < -0.39 is 6.16 Å². The van der Waals surface area contributed by atoms with Gasteiger partial charge in [0.25, 0.3) is 0 Å². The molecule has 0 aliphatic heterocycles. The largest absolute Gasteiger partial charge is 0.506 e. The minimum atomic E-state index is -1.20. The highest BCUT2D eigenvalue weighted by Gasteiger charge is 2.09. The van der Waals surface area contributed by atoms with E-state index >= 15 is 0 Å². The van der Waals surface area contributed by atoms with Crippen LogP contribution < -0.4 is 0 Å².